The number of aliphatic hydroxyl groups is 1. The van der Waals surface area contributed by atoms with E-state index in [1.54, 1.807) is 11.3 Å². The number of nitrogens with one attached hydrogen (secondary N) is 1. The van der Waals surface area contributed by atoms with Gasteiger partial charge < -0.3 is 10.4 Å². The average molecular weight is 330 g/mol. The number of hydrogen-bond acceptors (Lipinski definition) is 4. The highest BCUT2D eigenvalue weighted by molar-refractivity contribution is 7.09. The standard InChI is InChI=1S/C18H22N2O2S/c21-16-8-4-7-14(10-16)18(22)19-11-15-12-23-17(20-15)9-13-5-2-1-3-6-13/h1-3,5-6,12,14,16,21H,4,7-11H2,(H,19,22)/t14-,16+/m0/s1. The van der Waals surface area contributed by atoms with Crippen molar-refractivity contribution in [2.45, 2.75) is 44.8 Å². The topological polar surface area (TPSA) is 62.2 Å². The minimum absolute atomic E-state index is 0.0429. The summed E-state index contributed by atoms with van der Waals surface area (Å²) in [7, 11) is 0. The molecule has 1 fully saturated rings. The van der Waals surface area contributed by atoms with E-state index in [2.05, 4.69) is 22.4 Å². The molecule has 0 radical (unpaired) electrons. The maximum absolute atomic E-state index is 12.2. The van der Waals surface area contributed by atoms with Crippen molar-refractivity contribution in [2.24, 2.45) is 5.92 Å². The monoisotopic (exact) mass is 330 g/mol. The Labute approximate surface area is 140 Å². The van der Waals surface area contributed by atoms with Crippen molar-refractivity contribution >= 4 is 17.2 Å². The van der Waals surface area contributed by atoms with Gasteiger partial charge in [0.1, 0.15) is 0 Å². The molecule has 1 aromatic heterocycles. The Kier molecular flexibility index (Phi) is 5.41. The number of benzene rings is 1. The van der Waals surface area contributed by atoms with Crippen LogP contribution < -0.4 is 5.32 Å². The molecule has 2 atom stereocenters. The van der Waals surface area contributed by atoms with Gasteiger partial charge in [-0.1, -0.05) is 36.8 Å². The van der Waals surface area contributed by atoms with Crippen molar-refractivity contribution in [1.29, 1.82) is 0 Å². The van der Waals surface area contributed by atoms with Gasteiger partial charge in [0, 0.05) is 17.7 Å². The van der Waals surface area contributed by atoms with Crippen LogP contribution in [0.15, 0.2) is 35.7 Å². The lowest BCUT2D eigenvalue weighted by atomic mass is 9.87. The van der Waals surface area contributed by atoms with E-state index in [9.17, 15) is 9.90 Å². The second kappa shape index (κ2) is 7.70. The SMILES string of the molecule is O=C(NCc1csc(Cc2ccccc2)n1)[C@H]1CCC[C@@H](O)C1. The van der Waals surface area contributed by atoms with Gasteiger partial charge in [0.2, 0.25) is 5.91 Å². The van der Waals surface area contributed by atoms with Crippen LogP contribution in [0.25, 0.3) is 0 Å². The van der Waals surface area contributed by atoms with Crippen molar-refractivity contribution in [3.63, 3.8) is 0 Å². The zero-order chi connectivity index (χ0) is 16.1. The molecule has 0 saturated heterocycles. The van der Waals surface area contributed by atoms with E-state index >= 15 is 0 Å². The number of hydrogen-bond donors (Lipinski definition) is 2. The molecular weight excluding hydrogens is 308 g/mol. The van der Waals surface area contributed by atoms with Crippen molar-refractivity contribution < 1.29 is 9.90 Å². The molecule has 1 saturated carbocycles. The quantitative estimate of drug-likeness (QED) is 0.886. The van der Waals surface area contributed by atoms with Gasteiger partial charge in [0.25, 0.3) is 0 Å². The first-order valence-electron chi connectivity index (χ1n) is 8.13. The highest BCUT2D eigenvalue weighted by Gasteiger charge is 2.25. The van der Waals surface area contributed by atoms with Crippen LogP contribution in [0, 0.1) is 5.92 Å². The first kappa shape index (κ1) is 16.1. The molecule has 4 nitrogen and oxygen atoms in total. The molecule has 1 aliphatic carbocycles. The Balaban J connectivity index is 1.50. The summed E-state index contributed by atoms with van der Waals surface area (Å²) in [6.07, 6.45) is 3.71. The second-order valence-electron chi connectivity index (χ2n) is 6.13. The van der Waals surface area contributed by atoms with Gasteiger partial charge in [0.05, 0.1) is 23.4 Å². The number of rotatable bonds is 5. The van der Waals surface area contributed by atoms with Crippen LogP contribution in [-0.2, 0) is 17.8 Å². The smallest absolute Gasteiger partial charge is 0.223 e. The van der Waals surface area contributed by atoms with Crippen LogP contribution in [0.1, 0.15) is 41.9 Å². The van der Waals surface area contributed by atoms with Gasteiger partial charge in [-0.15, -0.1) is 11.3 Å². The van der Waals surface area contributed by atoms with Crippen LogP contribution in [-0.4, -0.2) is 22.1 Å². The van der Waals surface area contributed by atoms with E-state index in [-0.39, 0.29) is 17.9 Å². The van der Waals surface area contributed by atoms with Gasteiger partial charge in [0.15, 0.2) is 0 Å². The van der Waals surface area contributed by atoms with E-state index in [0.717, 1.165) is 36.4 Å². The molecule has 0 bridgehead atoms. The van der Waals surface area contributed by atoms with Crippen molar-refractivity contribution in [3.05, 3.63) is 52.0 Å². The average Bonchev–Trinajstić information content (AvgIpc) is 3.01. The van der Waals surface area contributed by atoms with E-state index in [1.807, 2.05) is 23.6 Å². The fourth-order valence-electron chi connectivity index (χ4n) is 3.01. The van der Waals surface area contributed by atoms with Crippen LogP contribution in [0.5, 0.6) is 0 Å². The van der Waals surface area contributed by atoms with Gasteiger partial charge in [-0.3, -0.25) is 4.79 Å². The summed E-state index contributed by atoms with van der Waals surface area (Å²) >= 11 is 1.63. The molecule has 122 valence electrons. The molecule has 1 aromatic carbocycles. The zero-order valence-electron chi connectivity index (χ0n) is 13.1. The molecule has 0 unspecified atom stereocenters. The fraction of sp³-hybridized carbons (Fsp3) is 0.444. The number of nitrogens with zero attached hydrogens (tertiary/aromatic N) is 1. The number of aliphatic hydroxyl groups excluding tert-OH is 1. The molecule has 5 heteroatoms. The van der Waals surface area contributed by atoms with Crippen molar-refractivity contribution in [2.75, 3.05) is 0 Å². The molecule has 2 aromatic rings. The van der Waals surface area contributed by atoms with Gasteiger partial charge in [-0.05, 0) is 24.8 Å². The summed E-state index contributed by atoms with van der Waals surface area (Å²) in [4.78, 5) is 16.8. The summed E-state index contributed by atoms with van der Waals surface area (Å²) in [5.41, 5.74) is 2.15. The van der Waals surface area contributed by atoms with E-state index in [0.29, 0.717) is 13.0 Å². The van der Waals surface area contributed by atoms with Crippen molar-refractivity contribution in [1.82, 2.24) is 10.3 Å². The van der Waals surface area contributed by atoms with Gasteiger partial charge in [-0.25, -0.2) is 4.98 Å². The summed E-state index contributed by atoms with van der Waals surface area (Å²) in [5.74, 6) is -0.0115. The molecule has 0 spiro atoms. The molecule has 1 heterocycles. The Morgan fingerprint density at radius 1 is 1.30 bits per heavy atom. The predicted molar refractivity (Wildman–Crippen MR) is 91.2 cm³/mol. The number of carbonyl (C=O) groups is 1. The molecule has 3 rings (SSSR count). The third-order valence-electron chi connectivity index (χ3n) is 4.26. The molecule has 23 heavy (non-hydrogen) atoms. The van der Waals surface area contributed by atoms with E-state index in [1.165, 1.54) is 5.56 Å². The Morgan fingerprint density at radius 3 is 2.91 bits per heavy atom. The molecule has 2 N–H and O–H groups in total. The molecular formula is C18H22N2O2S. The fourth-order valence-corrected chi connectivity index (χ4v) is 3.83. The van der Waals surface area contributed by atoms with E-state index < -0.39 is 0 Å². The van der Waals surface area contributed by atoms with Gasteiger partial charge in [-0.2, -0.15) is 0 Å². The maximum atomic E-state index is 12.2. The Morgan fingerprint density at radius 2 is 2.13 bits per heavy atom. The third kappa shape index (κ3) is 4.62. The van der Waals surface area contributed by atoms with Crippen molar-refractivity contribution in [3.8, 4) is 0 Å². The highest BCUT2D eigenvalue weighted by atomic mass is 32.1. The lowest BCUT2D eigenvalue weighted by molar-refractivity contribution is -0.127. The van der Waals surface area contributed by atoms with Crippen LogP contribution in [0.2, 0.25) is 0 Å². The first-order chi connectivity index (χ1) is 11.2. The predicted octanol–water partition coefficient (Wildman–Crippen LogP) is 2.90. The minimum Gasteiger partial charge on any atom is -0.393 e. The van der Waals surface area contributed by atoms with E-state index in [4.69, 9.17) is 0 Å². The zero-order valence-corrected chi connectivity index (χ0v) is 13.9. The largest absolute Gasteiger partial charge is 0.393 e. The van der Waals surface area contributed by atoms with Crippen LogP contribution >= 0.6 is 11.3 Å². The Bertz CT molecular complexity index is 641. The third-order valence-corrected chi connectivity index (χ3v) is 5.16. The lowest BCUT2D eigenvalue weighted by Gasteiger charge is -2.24. The van der Waals surface area contributed by atoms with Gasteiger partial charge >= 0.3 is 0 Å². The minimum atomic E-state index is -0.323. The highest BCUT2D eigenvalue weighted by Crippen LogP contribution is 2.24. The van der Waals surface area contributed by atoms with Crippen LogP contribution in [0.3, 0.4) is 0 Å². The number of amides is 1. The summed E-state index contributed by atoms with van der Waals surface area (Å²) < 4.78 is 0. The number of thiazole rings is 1. The summed E-state index contributed by atoms with van der Waals surface area (Å²) in [5, 5.41) is 15.7. The number of aromatic nitrogens is 1. The number of carbonyl (C=O) groups excluding carboxylic acids is 1. The molecule has 1 amide bonds. The summed E-state index contributed by atoms with van der Waals surface area (Å²) in [6.45, 7) is 0.469. The summed E-state index contributed by atoms with van der Waals surface area (Å²) in [6, 6.07) is 10.3. The van der Waals surface area contributed by atoms with Crippen LogP contribution in [0.4, 0.5) is 0 Å². The second-order valence-corrected chi connectivity index (χ2v) is 7.07. The lowest BCUT2D eigenvalue weighted by Crippen LogP contribution is -2.34. The molecule has 1 aliphatic rings. The Hall–Kier alpha value is -1.72. The maximum Gasteiger partial charge on any atom is 0.223 e. The molecule has 0 aliphatic heterocycles. The normalized spacial score (nSPS) is 21.1. The first-order valence-corrected chi connectivity index (χ1v) is 9.01.